The van der Waals surface area contributed by atoms with E-state index < -0.39 is 50.3 Å². The zero-order valence-corrected chi connectivity index (χ0v) is 35.5. The largest absolute Gasteiger partial charge is 0.482 e. The predicted octanol–water partition coefficient (Wildman–Crippen LogP) is 7.54. The number of allylic oxidation sites excluding steroid dienone is 12. The topological polar surface area (TPSA) is 236 Å². The fourth-order valence-corrected chi connectivity index (χ4v) is 7.72. The van der Waals surface area contributed by atoms with Crippen molar-refractivity contribution in [3.8, 4) is 23.0 Å². The van der Waals surface area contributed by atoms with Crippen molar-refractivity contribution in [1.29, 1.82) is 0 Å². The van der Waals surface area contributed by atoms with Crippen molar-refractivity contribution < 1.29 is 58.6 Å². The molecule has 16 heteroatoms. The molecule has 4 N–H and O–H groups in total. The summed E-state index contributed by atoms with van der Waals surface area (Å²) in [6.45, 7) is -2.06. The number of fused-ring (bicyclic) bond motifs is 4. The van der Waals surface area contributed by atoms with Crippen LogP contribution in [0, 0.1) is 0 Å². The van der Waals surface area contributed by atoms with E-state index in [1.165, 1.54) is 0 Å². The molecule has 0 radical (unpaired) electrons. The Hall–Kier alpha value is -9.44. The molecule has 0 amide bonds. The summed E-state index contributed by atoms with van der Waals surface area (Å²) < 4.78 is 21.8. The number of aliphatic carboxylic acids is 4. The molecule has 0 fully saturated rings. The highest BCUT2D eigenvalue weighted by Gasteiger charge is 2.28. The SMILES string of the molecule is O=C(O)COc1ccc(C2=C3C=CC(=N3)C(c3ccc(OCC(=O)O)cc3)=C3C=CC(=N3)C(c3ccc(OCC(=O)O)cc3)=C3C=CC(=N3)C(c3ccc(OCC(=O)O)cc3)=C3C=CC2=N3)cc1. The summed E-state index contributed by atoms with van der Waals surface area (Å²) in [5, 5.41) is 36.9. The lowest BCUT2D eigenvalue weighted by Crippen LogP contribution is -2.09. The van der Waals surface area contributed by atoms with Gasteiger partial charge in [-0.25, -0.2) is 39.1 Å². The van der Waals surface area contributed by atoms with Crippen LogP contribution in [0.1, 0.15) is 22.3 Å². The second kappa shape index (κ2) is 19.0. The van der Waals surface area contributed by atoms with E-state index >= 15 is 0 Å². The Morgan fingerprint density at radius 3 is 0.676 bits per heavy atom. The second-order valence-corrected chi connectivity index (χ2v) is 15.2. The smallest absolute Gasteiger partial charge is 0.341 e. The molecule has 9 rings (SSSR count). The predicted molar refractivity (Wildman–Crippen MR) is 252 cm³/mol. The first kappa shape index (κ1) is 43.8. The minimum absolute atomic E-state index is 0.352. The van der Waals surface area contributed by atoms with E-state index in [2.05, 4.69) is 0 Å². The highest BCUT2D eigenvalue weighted by atomic mass is 16.5. The van der Waals surface area contributed by atoms with Crippen molar-refractivity contribution in [2.45, 2.75) is 0 Å². The van der Waals surface area contributed by atoms with Gasteiger partial charge in [0.25, 0.3) is 0 Å². The summed E-state index contributed by atoms with van der Waals surface area (Å²) >= 11 is 0. The monoisotopic (exact) mass is 908 g/mol. The normalized spacial score (nSPS) is 15.6. The molecule has 0 aromatic heterocycles. The lowest BCUT2D eigenvalue weighted by Gasteiger charge is -2.13. The average Bonchev–Trinajstić information content (AvgIpc) is 4.19. The standard InChI is InChI=1S/C52H36N4O12/c57-45(58)25-65-33-9-1-29(2-10-33)49-37-17-19-39(53-37)50(30-3-11-34(12-4-30)66-26-46(59)60)41-21-23-43(55-41)52(32-7-15-36(16-8-32)68-28-48(63)64)44-24-22-42(56-44)51(40-20-18-38(49)54-40)31-5-13-35(14-6-31)67-27-47(61)62/h1-24H,25-28H2,(H,57,58)(H,59,60)(H,61,62)(H,63,64). The van der Waals surface area contributed by atoms with Gasteiger partial charge in [0, 0.05) is 22.3 Å². The van der Waals surface area contributed by atoms with Crippen molar-refractivity contribution in [2.75, 3.05) is 26.4 Å². The quantitative estimate of drug-likeness (QED) is 0.0853. The van der Waals surface area contributed by atoms with E-state index in [0.29, 0.717) is 113 Å². The van der Waals surface area contributed by atoms with Crippen LogP contribution in [0.2, 0.25) is 0 Å². The van der Waals surface area contributed by atoms with Crippen molar-refractivity contribution in [2.24, 2.45) is 20.0 Å². The summed E-state index contributed by atoms with van der Waals surface area (Å²) in [4.78, 5) is 66.0. The highest BCUT2D eigenvalue weighted by molar-refractivity contribution is 6.39. The van der Waals surface area contributed by atoms with E-state index in [-0.39, 0.29) is 0 Å². The maximum absolute atomic E-state index is 11.3. The molecule has 0 aliphatic carbocycles. The van der Waals surface area contributed by atoms with Crippen LogP contribution < -0.4 is 18.9 Å². The van der Waals surface area contributed by atoms with Gasteiger partial charge in [0.05, 0.1) is 45.6 Å². The number of aliphatic imine (C=N–C) groups is 4. The zero-order valence-electron chi connectivity index (χ0n) is 35.5. The van der Waals surface area contributed by atoms with Crippen LogP contribution in [0.4, 0.5) is 0 Å². The molecule has 336 valence electrons. The molecule has 0 saturated heterocycles. The molecular formula is C52H36N4O12. The maximum Gasteiger partial charge on any atom is 0.341 e. The first-order valence-electron chi connectivity index (χ1n) is 20.8. The number of hydrogen-bond donors (Lipinski definition) is 4. The molecule has 4 aromatic carbocycles. The Morgan fingerprint density at radius 1 is 0.309 bits per heavy atom. The van der Waals surface area contributed by atoms with Gasteiger partial charge in [0.1, 0.15) is 23.0 Å². The molecule has 0 saturated carbocycles. The summed E-state index contributed by atoms with van der Waals surface area (Å²) in [7, 11) is 0. The third-order valence-electron chi connectivity index (χ3n) is 10.6. The lowest BCUT2D eigenvalue weighted by atomic mass is 9.98. The number of ether oxygens (including phenoxy) is 4. The Balaban J connectivity index is 1.26. The number of rotatable bonds is 16. The minimum Gasteiger partial charge on any atom is -0.482 e. The first-order chi connectivity index (χ1) is 32.9. The summed E-state index contributed by atoms with van der Waals surface area (Å²) in [6.07, 6.45) is 15.0. The van der Waals surface area contributed by atoms with Crippen LogP contribution >= 0.6 is 0 Å². The molecule has 0 unspecified atom stereocenters. The van der Waals surface area contributed by atoms with E-state index in [1.54, 1.807) is 97.1 Å². The third-order valence-corrected chi connectivity index (χ3v) is 10.6. The molecule has 5 aliphatic rings. The fourth-order valence-electron chi connectivity index (χ4n) is 7.72. The molecule has 8 bridgehead atoms. The Bertz CT molecular complexity index is 2750. The van der Waals surface area contributed by atoms with Gasteiger partial charge in [-0.05, 0) is 119 Å². The first-order valence-corrected chi connectivity index (χ1v) is 20.8. The van der Waals surface area contributed by atoms with Gasteiger partial charge in [-0.3, -0.25) is 0 Å². The molecule has 0 atom stereocenters. The van der Waals surface area contributed by atoms with E-state index in [1.807, 2.05) is 48.6 Å². The maximum atomic E-state index is 11.3. The molecule has 5 aliphatic heterocycles. The molecule has 68 heavy (non-hydrogen) atoms. The van der Waals surface area contributed by atoms with Crippen molar-refractivity contribution in [3.05, 3.63) is 191 Å². The van der Waals surface area contributed by atoms with Gasteiger partial charge in [-0.2, -0.15) is 0 Å². The van der Waals surface area contributed by atoms with E-state index in [9.17, 15) is 39.6 Å². The Kier molecular flexibility index (Phi) is 12.2. The van der Waals surface area contributed by atoms with Gasteiger partial charge in [0.2, 0.25) is 0 Å². The molecule has 0 spiro atoms. The number of carboxylic acid groups (broad SMARTS) is 4. The summed E-state index contributed by atoms with van der Waals surface area (Å²) in [5.41, 5.74) is 9.79. The number of carbonyl (C=O) groups is 4. The van der Waals surface area contributed by atoms with Crippen LogP contribution in [0.5, 0.6) is 23.0 Å². The van der Waals surface area contributed by atoms with Crippen LogP contribution in [-0.2, 0) is 19.2 Å². The summed E-state index contributed by atoms with van der Waals surface area (Å²) in [6, 6.07) is 27.8. The zero-order chi connectivity index (χ0) is 47.3. The number of benzene rings is 4. The van der Waals surface area contributed by atoms with Gasteiger partial charge in [-0.1, -0.05) is 48.5 Å². The number of carboxylic acids is 4. The summed E-state index contributed by atoms with van der Waals surface area (Å²) in [5.74, 6) is -3.05. The van der Waals surface area contributed by atoms with Crippen LogP contribution in [-0.4, -0.2) is 93.6 Å². The molecule has 5 heterocycles. The van der Waals surface area contributed by atoms with Gasteiger partial charge in [0.15, 0.2) is 26.4 Å². The Morgan fingerprint density at radius 2 is 0.500 bits per heavy atom. The minimum atomic E-state index is -1.11. The van der Waals surface area contributed by atoms with E-state index in [4.69, 9.17) is 38.9 Å². The number of nitrogens with zero attached hydrogens (tertiary/aromatic N) is 4. The molecular weight excluding hydrogens is 873 g/mol. The van der Waals surface area contributed by atoms with Crippen molar-refractivity contribution in [1.82, 2.24) is 0 Å². The van der Waals surface area contributed by atoms with Crippen molar-refractivity contribution in [3.63, 3.8) is 0 Å². The van der Waals surface area contributed by atoms with Gasteiger partial charge >= 0.3 is 23.9 Å². The second-order valence-electron chi connectivity index (χ2n) is 15.2. The fraction of sp³-hybridized carbons (Fsp3) is 0.0769. The Labute approximate surface area is 386 Å². The molecule has 4 aromatic rings. The number of hydrogen-bond acceptors (Lipinski definition) is 12. The third kappa shape index (κ3) is 9.64. The van der Waals surface area contributed by atoms with E-state index in [0.717, 1.165) is 0 Å². The highest BCUT2D eigenvalue weighted by Crippen LogP contribution is 2.39. The lowest BCUT2D eigenvalue weighted by molar-refractivity contribution is -0.140. The van der Waals surface area contributed by atoms with Crippen LogP contribution in [0.3, 0.4) is 0 Å². The van der Waals surface area contributed by atoms with Crippen LogP contribution in [0.15, 0.2) is 188 Å². The van der Waals surface area contributed by atoms with Crippen molar-refractivity contribution >= 4 is 69.0 Å². The van der Waals surface area contributed by atoms with Gasteiger partial charge in [-0.15, -0.1) is 0 Å². The molecule has 16 nitrogen and oxygen atoms in total. The average molecular weight is 909 g/mol. The van der Waals surface area contributed by atoms with Crippen LogP contribution in [0.25, 0.3) is 22.3 Å². The van der Waals surface area contributed by atoms with Gasteiger partial charge < -0.3 is 39.4 Å².